The molecule has 1 aliphatic heterocycles. The van der Waals surface area contributed by atoms with Crippen LogP contribution in [0.1, 0.15) is 56.5 Å². The highest BCUT2D eigenvalue weighted by Gasteiger charge is 2.31. The SMILES string of the molecule is CC(C)c1ccc(S(=O)(=O)N2CCN(C(=O)c3cnn(C(C)(C)C)c3)CC2)cc1. The largest absolute Gasteiger partial charge is 0.336 e. The van der Waals surface area contributed by atoms with Crippen molar-refractivity contribution in [1.29, 1.82) is 0 Å². The van der Waals surface area contributed by atoms with Crippen LogP contribution in [0.3, 0.4) is 0 Å². The van der Waals surface area contributed by atoms with Gasteiger partial charge in [0.15, 0.2) is 0 Å². The maximum atomic E-state index is 12.9. The molecule has 1 saturated heterocycles. The molecule has 3 rings (SSSR count). The van der Waals surface area contributed by atoms with E-state index in [0.717, 1.165) is 5.56 Å². The van der Waals surface area contributed by atoms with Crippen LogP contribution < -0.4 is 0 Å². The lowest BCUT2D eigenvalue weighted by Crippen LogP contribution is -2.50. The van der Waals surface area contributed by atoms with Gasteiger partial charge in [-0.2, -0.15) is 9.40 Å². The summed E-state index contributed by atoms with van der Waals surface area (Å²) in [5.74, 6) is 0.239. The van der Waals surface area contributed by atoms with Crippen LogP contribution >= 0.6 is 0 Å². The Morgan fingerprint density at radius 3 is 2.10 bits per heavy atom. The fourth-order valence-corrected chi connectivity index (χ4v) is 4.71. The van der Waals surface area contributed by atoms with Gasteiger partial charge in [0.2, 0.25) is 10.0 Å². The summed E-state index contributed by atoms with van der Waals surface area (Å²) >= 11 is 0. The molecule has 0 saturated carbocycles. The number of carbonyl (C=O) groups excluding carboxylic acids is 1. The van der Waals surface area contributed by atoms with E-state index in [4.69, 9.17) is 0 Å². The summed E-state index contributed by atoms with van der Waals surface area (Å²) in [7, 11) is -3.55. The molecule has 0 bridgehead atoms. The first kappa shape index (κ1) is 21.5. The van der Waals surface area contributed by atoms with Gasteiger partial charge in [0.25, 0.3) is 5.91 Å². The molecule has 0 unspecified atom stereocenters. The molecule has 7 nitrogen and oxygen atoms in total. The van der Waals surface area contributed by atoms with Crippen LogP contribution in [-0.2, 0) is 15.6 Å². The summed E-state index contributed by atoms with van der Waals surface area (Å²) in [4.78, 5) is 14.8. The van der Waals surface area contributed by atoms with Crippen LogP contribution in [0.4, 0.5) is 0 Å². The van der Waals surface area contributed by atoms with Crippen molar-refractivity contribution >= 4 is 15.9 Å². The van der Waals surface area contributed by atoms with E-state index in [1.165, 1.54) is 4.31 Å². The van der Waals surface area contributed by atoms with E-state index in [1.54, 1.807) is 34.1 Å². The van der Waals surface area contributed by atoms with Gasteiger partial charge < -0.3 is 4.90 Å². The van der Waals surface area contributed by atoms with Gasteiger partial charge in [0, 0.05) is 32.4 Å². The molecule has 1 aliphatic rings. The van der Waals surface area contributed by atoms with Gasteiger partial charge >= 0.3 is 0 Å². The van der Waals surface area contributed by atoms with Gasteiger partial charge in [0.1, 0.15) is 0 Å². The predicted octanol–water partition coefficient (Wildman–Crippen LogP) is 2.91. The average molecular weight is 419 g/mol. The molecule has 1 aromatic heterocycles. The van der Waals surface area contributed by atoms with E-state index in [0.29, 0.717) is 29.5 Å². The van der Waals surface area contributed by atoms with Crippen molar-refractivity contribution in [1.82, 2.24) is 19.0 Å². The van der Waals surface area contributed by atoms with E-state index in [1.807, 2.05) is 32.9 Å². The highest BCUT2D eigenvalue weighted by atomic mass is 32.2. The second-order valence-electron chi connectivity index (χ2n) is 8.76. The number of hydrogen-bond donors (Lipinski definition) is 0. The minimum Gasteiger partial charge on any atom is -0.336 e. The Kier molecular flexibility index (Phi) is 5.87. The van der Waals surface area contributed by atoms with Gasteiger partial charge in [-0.05, 0) is 44.4 Å². The minimum atomic E-state index is -3.55. The normalized spacial score (nSPS) is 16.4. The van der Waals surface area contributed by atoms with Crippen molar-refractivity contribution in [2.24, 2.45) is 0 Å². The molecule has 8 heteroatoms. The summed E-state index contributed by atoms with van der Waals surface area (Å²) in [6.45, 7) is 11.5. The summed E-state index contributed by atoms with van der Waals surface area (Å²) < 4.78 is 29.1. The third kappa shape index (κ3) is 4.53. The quantitative estimate of drug-likeness (QED) is 0.765. The smallest absolute Gasteiger partial charge is 0.257 e. The van der Waals surface area contributed by atoms with Gasteiger partial charge in [-0.15, -0.1) is 0 Å². The number of sulfonamides is 1. The lowest BCUT2D eigenvalue weighted by molar-refractivity contribution is 0.0697. The summed E-state index contributed by atoms with van der Waals surface area (Å²) in [5, 5.41) is 4.28. The van der Waals surface area contributed by atoms with E-state index >= 15 is 0 Å². The molecular formula is C21H30N4O3S. The number of rotatable bonds is 4. The molecular weight excluding hydrogens is 388 g/mol. The molecule has 2 heterocycles. The van der Waals surface area contributed by atoms with Crippen LogP contribution in [0.2, 0.25) is 0 Å². The van der Waals surface area contributed by atoms with Crippen molar-refractivity contribution in [2.45, 2.75) is 51.0 Å². The molecule has 2 aromatic rings. The first-order chi connectivity index (χ1) is 13.5. The highest BCUT2D eigenvalue weighted by molar-refractivity contribution is 7.89. The first-order valence-electron chi connectivity index (χ1n) is 9.94. The van der Waals surface area contributed by atoms with Crippen molar-refractivity contribution in [2.75, 3.05) is 26.2 Å². The zero-order chi connectivity index (χ0) is 21.4. The number of nitrogens with zero attached hydrogens (tertiary/aromatic N) is 4. The Bertz CT molecular complexity index is 964. The molecule has 1 amide bonds. The maximum Gasteiger partial charge on any atom is 0.257 e. The van der Waals surface area contributed by atoms with E-state index < -0.39 is 10.0 Å². The van der Waals surface area contributed by atoms with Gasteiger partial charge in [-0.25, -0.2) is 8.42 Å². The second-order valence-corrected chi connectivity index (χ2v) is 10.7. The number of amides is 1. The monoisotopic (exact) mass is 418 g/mol. The topological polar surface area (TPSA) is 75.5 Å². The minimum absolute atomic E-state index is 0.112. The molecule has 0 radical (unpaired) electrons. The molecule has 158 valence electrons. The number of benzene rings is 1. The molecule has 0 aliphatic carbocycles. The lowest BCUT2D eigenvalue weighted by atomic mass is 10.0. The number of piperazine rings is 1. The van der Waals surface area contributed by atoms with Crippen molar-refractivity contribution in [3.8, 4) is 0 Å². The van der Waals surface area contributed by atoms with E-state index in [-0.39, 0.29) is 24.5 Å². The fraction of sp³-hybridized carbons (Fsp3) is 0.524. The Morgan fingerprint density at radius 2 is 1.62 bits per heavy atom. The number of hydrogen-bond acceptors (Lipinski definition) is 4. The second kappa shape index (κ2) is 7.91. The van der Waals surface area contributed by atoms with E-state index in [2.05, 4.69) is 18.9 Å². The van der Waals surface area contributed by atoms with Crippen LogP contribution in [0.5, 0.6) is 0 Å². The highest BCUT2D eigenvalue weighted by Crippen LogP contribution is 2.22. The average Bonchev–Trinajstić information content (AvgIpc) is 3.18. The Morgan fingerprint density at radius 1 is 1.03 bits per heavy atom. The molecule has 1 fully saturated rings. The predicted molar refractivity (Wildman–Crippen MR) is 112 cm³/mol. The van der Waals surface area contributed by atoms with Crippen LogP contribution in [0, 0.1) is 0 Å². The molecule has 0 atom stereocenters. The van der Waals surface area contributed by atoms with E-state index in [9.17, 15) is 13.2 Å². The summed E-state index contributed by atoms with van der Waals surface area (Å²) in [6.07, 6.45) is 3.33. The van der Waals surface area contributed by atoms with Gasteiger partial charge in [0.05, 0.1) is 22.2 Å². The standard InChI is InChI=1S/C21H30N4O3S/c1-16(2)17-6-8-19(9-7-17)29(27,28)24-12-10-23(11-13-24)20(26)18-14-22-25(15-18)21(3,4)5/h6-9,14-16H,10-13H2,1-5H3. The molecule has 0 N–H and O–H groups in total. The zero-order valence-corrected chi connectivity index (χ0v) is 18.6. The molecule has 29 heavy (non-hydrogen) atoms. The Hall–Kier alpha value is -2.19. The van der Waals surface area contributed by atoms with Crippen LogP contribution in [-0.4, -0.2) is 59.5 Å². The van der Waals surface area contributed by atoms with Crippen LogP contribution in [0.25, 0.3) is 0 Å². The van der Waals surface area contributed by atoms with Gasteiger partial charge in [-0.1, -0.05) is 26.0 Å². The number of carbonyl (C=O) groups is 1. The fourth-order valence-electron chi connectivity index (χ4n) is 3.29. The van der Waals surface area contributed by atoms with Crippen LogP contribution in [0.15, 0.2) is 41.6 Å². The zero-order valence-electron chi connectivity index (χ0n) is 17.8. The van der Waals surface area contributed by atoms with Gasteiger partial charge in [-0.3, -0.25) is 9.48 Å². The Balaban J connectivity index is 1.66. The first-order valence-corrected chi connectivity index (χ1v) is 11.4. The van der Waals surface area contributed by atoms with Crippen molar-refractivity contribution < 1.29 is 13.2 Å². The Labute approximate surface area is 173 Å². The maximum absolute atomic E-state index is 12.9. The third-order valence-electron chi connectivity index (χ3n) is 5.23. The van der Waals surface area contributed by atoms with Crippen molar-refractivity contribution in [3.05, 3.63) is 47.8 Å². The summed E-state index contributed by atoms with van der Waals surface area (Å²) in [6, 6.07) is 7.07. The van der Waals surface area contributed by atoms with Crippen molar-refractivity contribution in [3.63, 3.8) is 0 Å². The molecule has 0 spiro atoms. The third-order valence-corrected chi connectivity index (χ3v) is 7.14. The summed E-state index contributed by atoms with van der Waals surface area (Å²) in [5.41, 5.74) is 1.44. The number of aromatic nitrogens is 2. The lowest BCUT2D eigenvalue weighted by Gasteiger charge is -2.33. The molecule has 1 aromatic carbocycles.